The van der Waals surface area contributed by atoms with E-state index in [-0.39, 0.29) is 29.3 Å². The molecule has 0 unspecified atom stereocenters. The van der Waals surface area contributed by atoms with Crippen LogP contribution in [0.4, 0.5) is 0 Å². The van der Waals surface area contributed by atoms with Crippen LogP contribution in [0, 0.1) is 23.2 Å². The minimum absolute atomic E-state index is 0.0331. The Morgan fingerprint density at radius 1 is 1.27 bits per heavy atom. The Morgan fingerprint density at radius 2 is 1.96 bits per heavy atom. The number of piperazine rings is 1. The van der Waals surface area contributed by atoms with Crippen LogP contribution in [0.2, 0.25) is 0 Å². The first kappa shape index (κ1) is 18.5. The van der Waals surface area contributed by atoms with Crippen molar-refractivity contribution < 1.29 is 24.4 Å². The molecule has 2 saturated heterocycles. The molecule has 3 fully saturated rings. The molecule has 0 aromatic heterocycles. The SMILES string of the molecule is CC[NH+]1CC[NH+](C[C@H]2C(=O)O[C@@H]3CC4=CCC[C@H](C)[C@@]4(C)[C@H](O)[C@@H]32)CC1. The second-order valence-corrected chi connectivity index (χ2v) is 9.36. The van der Waals surface area contributed by atoms with Gasteiger partial charge in [0, 0.05) is 17.8 Å². The van der Waals surface area contributed by atoms with E-state index >= 15 is 0 Å². The van der Waals surface area contributed by atoms with Crippen molar-refractivity contribution >= 4 is 5.97 Å². The number of nitrogens with one attached hydrogen (secondary N) is 2. The Labute approximate surface area is 157 Å². The van der Waals surface area contributed by atoms with E-state index in [1.54, 1.807) is 4.90 Å². The van der Waals surface area contributed by atoms with Crippen LogP contribution in [0.1, 0.15) is 40.0 Å². The van der Waals surface area contributed by atoms with Crippen LogP contribution >= 0.6 is 0 Å². The summed E-state index contributed by atoms with van der Waals surface area (Å²) in [4.78, 5) is 15.9. The average Bonchev–Trinajstić information content (AvgIpc) is 2.94. The zero-order chi connectivity index (χ0) is 18.5. The lowest BCUT2D eigenvalue weighted by Gasteiger charge is -2.51. The molecule has 0 spiro atoms. The molecular weight excluding hydrogens is 328 g/mol. The summed E-state index contributed by atoms with van der Waals surface area (Å²) < 4.78 is 5.80. The van der Waals surface area contributed by atoms with E-state index in [1.165, 1.54) is 30.1 Å². The second-order valence-electron chi connectivity index (χ2n) is 9.36. The summed E-state index contributed by atoms with van der Waals surface area (Å²) in [5.74, 6) is 0.223. The molecule has 2 heterocycles. The average molecular weight is 365 g/mol. The van der Waals surface area contributed by atoms with Gasteiger partial charge >= 0.3 is 5.97 Å². The number of hydrogen-bond acceptors (Lipinski definition) is 3. The maximum atomic E-state index is 12.7. The Balaban J connectivity index is 1.52. The highest BCUT2D eigenvalue weighted by molar-refractivity contribution is 5.76. The van der Waals surface area contributed by atoms with Crippen LogP contribution in [0.5, 0.6) is 0 Å². The maximum Gasteiger partial charge on any atom is 0.315 e. The number of carbonyl (C=O) groups excluding carboxylic acids is 1. The van der Waals surface area contributed by atoms with Crippen molar-refractivity contribution in [1.82, 2.24) is 0 Å². The fourth-order valence-corrected chi connectivity index (χ4v) is 6.12. The first-order valence-electron chi connectivity index (χ1n) is 10.7. The standard InChI is InChI=1S/C21H34N2O3/c1-4-22-8-10-23(11-9-22)13-16-18-17(26-20(16)25)12-15-7-5-6-14(2)21(15,3)19(18)24/h7,14,16-19,24H,4-6,8-13H2,1-3H3/p+2/t14-,16+,17+,18+,19+,21+/m0/s1. The van der Waals surface area contributed by atoms with Crippen molar-refractivity contribution in [2.45, 2.75) is 52.2 Å². The molecule has 0 bridgehead atoms. The summed E-state index contributed by atoms with van der Waals surface area (Å²) in [6.45, 7) is 13.4. The van der Waals surface area contributed by atoms with E-state index in [0.29, 0.717) is 5.92 Å². The number of ether oxygens (including phenoxy) is 1. The van der Waals surface area contributed by atoms with E-state index in [1.807, 2.05) is 0 Å². The van der Waals surface area contributed by atoms with E-state index < -0.39 is 6.10 Å². The minimum atomic E-state index is -0.471. The van der Waals surface area contributed by atoms with E-state index in [9.17, 15) is 9.90 Å². The van der Waals surface area contributed by atoms with Gasteiger partial charge in [0.05, 0.1) is 19.2 Å². The summed E-state index contributed by atoms with van der Waals surface area (Å²) in [6.07, 6.45) is 4.75. The number of esters is 1. The van der Waals surface area contributed by atoms with Crippen molar-refractivity contribution in [3.8, 4) is 0 Å². The number of allylic oxidation sites excluding steroid dienone is 1. The molecule has 146 valence electrons. The second kappa shape index (κ2) is 6.92. The molecule has 26 heavy (non-hydrogen) atoms. The highest BCUT2D eigenvalue weighted by Crippen LogP contribution is 2.55. The van der Waals surface area contributed by atoms with Crippen LogP contribution in [0.15, 0.2) is 11.6 Å². The van der Waals surface area contributed by atoms with E-state index in [2.05, 4.69) is 26.8 Å². The highest BCUT2D eigenvalue weighted by atomic mass is 16.6. The van der Waals surface area contributed by atoms with Gasteiger partial charge in [-0.05, 0) is 25.7 Å². The van der Waals surface area contributed by atoms with Crippen molar-refractivity contribution in [3.05, 3.63) is 11.6 Å². The van der Waals surface area contributed by atoms with Gasteiger partial charge in [0.15, 0.2) is 0 Å². The third-order valence-corrected chi connectivity index (χ3v) is 8.24. The zero-order valence-corrected chi connectivity index (χ0v) is 16.6. The quantitative estimate of drug-likeness (QED) is 0.448. The van der Waals surface area contributed by atoms with Gasteiger partial charge in [-0.25, -0.2) is 0 Å². The number of likely N-dealkylation sites (N-methyl/N-ethyl adjacent to an activating group) is 1. The number of rotatable bonds is 3. The molecule has 6 atom stereocenters. The Hall–Kier alpha value is -0.910. The molecule has 1 saturated carbocycles. The number of fused-ring (bicyclic) bond motifs is 2. The number of hydrogen-bond donors (Lipinski definition) is 3. The Morgan fingerprint density at radius 3 is 2.65 bits per heavy atom. The van der Waals surface area contributed by atoms with Gasteiger partial charge < -0.3 is 19.6 Å². The number of aliphatic hydroxyl groups is 1. The van der Waals surface area contributed by atoms with Gasteiger partial charge in [0.25, 0.3) is 0 Å². The molecule has 5 heteroatoms. The third-order valence-electron chi connectivity index (χ3n) is 8.24. The lowest BCUT2D eigenvalue weighted by atomic mass is 9.55. The highest BCUT2D eigenvalue weighted by Gasteiger charge is 2.60. The number of quaternary nitrogens is 2. The fourth-order valence-electron chi connectivity index (χ4n) is 6.12. The first-order chi connectivity index (χ1) is 12.4. The van der Waals surface area contributed by atoms with E-state index in [0.717, 1.165) is 38.9 Å². The van der Waals surface area contributed by atoms with Gasteiger partial charge in [-0.2, -0.15) is 0 Å². The predicted molar refractivity (Wildman–Crippen MR) is 98.9 cm³/mol. The number of carbonyl (C=O) groups is 1. The zero-order valence-electron chi connectivity index (χ0n) is 16.6. The normalized spacial score (nSPS) is 48.4. The molecule has 0 radical (unpaired) electrons. The van der Waals surface area contributed by atoms with Crippen LogP contribution in [0.25, 0.3) is 0 Å². The van der Waals surface area contributed by atoms with Crippen LogP contribution in [0.3, 0.4) is 0 Å². The largest absolute Gasteiger partial charge is 0.461 e. The molecule has 0 aromatic carbocycles. The topological polar surface area (TPSA) is 55.4 Å². The van der Waals surface area contributed by atoms with Crippen LogP contribution in [-0.4, -0.2) is 62.6 Å². The molecule has 0 amide bonds. The summed E-state index contributed by atoms with van der Waals surface area (Å²) in [5.41, 5.74) is 1.14. The van der Waals surface area contributed by atoms with Gasteiger partial charge in [0.2, 0.25) is 0 Å². The summed E-state index contributed by atoms with van der Waals surface area (Å²) in [5, 5.41) is 11.4. The van der Waals surface area contributed by atoms with Crippen molar-refractivity contribution in [3.63, 3.8) is 0 Å². The van der Waals surface area contributed by atoms with E-state index in [4.69, 9.17) is 4.74 Å². The lowest BCUT2D eigenvalue weighted by molar-refractivity contribution is -1.01. The summed E-state index contributed by atoms with van der Waals surface area (Å²) >= 11 is 0. The van der Waals surface area contributed by atoms with Gasteiger partial charge in [-0.15, -0.1) is 0 Å². The van der Waals surface area contributed by atoms with Crippen molar-refractivity contribution in [1.29, 1.82) is 0 Å². The lowest BCUT2D eigenvalue weighted by Crippen LogP contribution is -3.28. The van der Waals surface area contributed by atoms with Crippen LogP contribution < -0.4 is 9.80 Å². The minimum Gasteiger partial charge on any atom is -0.461 e. The third kappa shape index (κ3) is 2.83. The predicted octanol–water partition coefficient (Wildman–Crippen LogP) is -0.925. The monoisotopic (exact) mass is 364 g/mol. The number of aliphatic hydroxyl groups excluding tert-OH is 1. The van der Waals surface area contributed by atoms with Gasteiger partial charge in [0.1, 0.15) is 38.2 Å². The van der Waals surface area contributed by atoms with Crippen molar-refractivity contribution in [2.75, 3.05) is 39.3 Å². The molecule has 4 aliphatic rings. The van der Waals surface area contributed by atoms with Gasteiger partial charge in [-0.3, -0.25) is 4.79 Å². The molecule has 2 aliphatic heterocycles. The fraction of sp³-hybridized carbons (Fsp3) is 0.857. The molecule has 3 N–H and O–H groups in total. The first-order valence-corrected chi connectivity index (χ1v) is 10.7. The summed E-state index contributed by atoms with van der Waals surface area (Å²) in [7, 11) is 0. The Bertz CT molecular complexity index is 584. The molecule has 4 rings (SSSR count). The molecule has 0 aromatic rings. The maximum absolute atomic E-state index is 12.7. The Kier molecular flexibility index (Phi) is 4.91. The smallest absolute Gasteiger partial charge is 0.315 e. The molecular formula is C21H36N2O3+2. The summed E-state index contributed by atoms with van der Waals surface area (Å²) in [6, 6.07) is 0. The van der Waals surface area contributed by atoms with Crippen LogP contribution in [-0.2, 0) is 9.53 Å². The molecule has 5 nitrogen and oxygen atoms in total. The van der Waals surface area contributed by atoms with Gasteiger partial charge in [-0.1, -0.05) is 25.5 Å². The van der Waals surface area contributed by atoms with Crippen molar-refractivity contribution in [2.24, 2.45) is 23.2 Å². The molecule has 2 aliphatic carbocycles.